The molecule has 0 saturated carbocycles. The van der Waals surface area contributed by atoms with Crippen molar-refractivity contribution in [3.05, 3.63) is 47.8 Å². The summed E-state index contributed by atoms with van der Waals surface area (Å²) in [4.78, 5) is 6.68. The number of hydrogen-bond donors (Lipinski definition) is 0. The summed E-state index contributed by atoms with van der Waals surface area (Å²) in [6.07, 6.45) is 6.25. The Morgan fingerprint density at radius 2 is 1.92 bits per heavy atom. The monoisotopic (exact) mass is 337 g/mol. The van der Waals surface area contributed by atoms with Gasteiger partial charge in [-0.25, -0.2) is 9.67 Å². The zero-order chi connectivity index (χ0) is 17.4. The third kappa shape index (κ3) is 3.01. The summed E-state index contributed by atoms with van der Waals surface area (Å²) in [5, 5.41) is 13.4. The Labute approximate surface area is 147 Å². The Morgan fingerprint density at radius 3 is 2.56 bits per heavy atom. The van der Waals surface area contributed by atoms with Crippen LogP contribution in [0.2, 0.25) is 0 Å². The van der Waals surface area contributed by atoms with Gasteiger partial charge in [-0.3, -0.25) is 0 Å². The summed E-state index contributed by atoms with van der Waals surface area (Å²) in [7, 11) is 0. The molecule has 0 amide bonds. The lowest BCUT2D eigenvalue weighted by Crippen LogP contribution is -2.33. The number of nitrogens with zero attached hydrogens (tertiary/aromatic N) is 7. The second kappa shape index (κ2) is 6.31. The Hall–Kier alpha value is -2.70. The summed E-state index contributed by atoms with van der Waals surface area (Å²) >= 11 is 0. The van der Waals surface area contributed by atoms with Gasteiger partial charge in [-0.15, -0.1) is 10.2 Å². The van der Waals surface area contributed by atoms with Crippen molar-refractivity contribution in [1.29, 1.82) is 0 Å². The van der Waals surface area contributed by atoms with E-state index in [0.717, 1.165) is 41.9 Å². The van der Waals surface area contributed by atoms with Gasteiger partial charge in [-0.2, -0.15) is 5.10 Å². The van der Waals surface area contributed by atoms with Gasteiger partial charge in [0.25, 0.3) is 0 Å². The molecule has 0 aromatic carbocycles. The lowest BCUT2D eigenvalue weighted by Gasteiger charge is -2.26. The maximum absolute atomic E-state index is 4.48. The fourth-order valence-corrected chi connectivity index (χ4v) is 3.60. The van der Waals surface area contributed by atoms with Crippen molar-refractivity contribution in [2.75, 3.05) is 11.4 Å². The minimum Gasteiger partial charge on any atom is -0.350 e. The largest absolute Gasteiger partial charge is 0.350 e. The van der Waals surface area contributed by atoms with Crippen LogP contribution in [0.1, 0.15) is 30.1 Å². The average molecular weight is 337 g/mol. The number of imidazole rings is 1. The highest BCUT2D eigenvalue weighted by atomic mass is 15.4. The molecule has 7 nitrogen and oxygen atoms in total. The standard InChI is InChI=1S/C18H23N7/c1-13-11-14(2)25(22-13)18-7-6-17(20-21-18)24-9-4-5-16(24)12-23-10-8-19-15(23)3/h6-8,10-11,16H,4-5,9,12H2,1-3H3/t16-/m0/s1. The molecule has 25 heavy (non-hydrogen) atoms. The van der Waals surface area contributed by atoms with Crippen molar-refractivity contribution >= 4 is 5.82 Å². The van der Waals surface area contributed by atoms with Crippen LogP contribution in [0.5, 0.6) is 0 Å². The quantitative estimate of drug-likeness (QED) is 0.732. The van der Waals surface area contributed by atoms with Crippen LogP contribution in [-0.4, -0.2) is 42.1 Å². The van der Waals surface area contributed by atoms with E-state index < -0.39 is 0 Å². The van der Waals surface area contributed by atoms with Gasteiger partial charge in [0.05, 0.1) is 5.69 Å². The van der Waals surface area contributed by atoms with Gasteiger partial charge in [0.15, 0.2) is 11.6 Å². The van der Waals surface area contributed by atoms with Crippen LogP contribution in [0, 0.1) is 20.8 Å². The Kier molecular flexibility index (Phi) is 3.99. The molecule has 1 saturated heterocycles. The van der Waals surface area contributed by atoms with Crippen LogP contribution < -0.4 is 4.90 Å². The SMILES string of the molecule is Cc1cc(C)n(-c2ccc(N3CCC[C@H]3Cn3ccnc3C)nn2)n1. The van der Waals surface area contributed by atoms with E-state index in [2.05, 4.69) is 35.8 Å². The van der Waals surface area contributed by atoms with Gasteiger partial charge < -0.3 is 9.47 Å². The number of anilines is 1. The van der Waals surface area contributed by atoms with Gasteiger partial charge in [0.2, 0.25) is 0 Å². The predicted molar refractivity (Wildman–Crippen MR) is 96.0 cm³/mol. The summed E-state index contributed by atoms with van der Waals surface area (Å²) in [5.41, 5.74) is 2.05. The minimum atomic E-state index is 0.432. The summed E-state index contributed by atoms with van der Waals surface area (Å²) < 4.78 is 4.04. The predicted octanol–water partition coefficient (Wildman–Crippen LogP) is 2.45. The molecular formula is C18H23N7. The summed E-state index contributed by atoms with van der Waals surface area (Å²) in [6, 6.07) is 6.53. The molecule has 3 aromatic rings. The van der Waals surface area contributed by atoms with Crippen molar-refractivity contribution in [3.63, 3.8) is 0 Å². The van der Waals surface area contributed by atoms with Crippen LogP contribution >= 0.6 is 0 Å². The molecule has 1 atom stereocenters. The molecule has 3 aromatic heterocycles. The second-order valence-corrected chi connectivity index (χ2v) is 6.70. The van der Waals surface area contributed by atoms with Gasteiger partial charge >= 0.3 is 0 Å². The van der Waals surface area contributed by atoms with Crippen molar-refractivity contribution in [2.45, 2.75) is 46.2 Å². The van der Waals surface area contributed by atoms with E-state index in [1.807, 2.05) is 50.0 Å². The maximum Gasteiger partial charge on any atom is 0.176 e. The van der Waals surface area contributed by atoms with E-state index in [-0.39, 0.29) is 0 Å². The number of rotatable bonds is 4. The zero-order valence-electron chi connectivity index (χ0n) is 14.9. The molecule has 1 fully saturated rings. The summed E-state index contributed by atoms with van der Waals surface area (Å²) in [6.45, 7) is 8.01. The third-order valence-electron chi connectivity index (χ3n) is 4.87. The first-order valence-corrected chi connectivity index (χ1v) is 8.73. The van der Waals surface area contributed by atoms with Gasteiger partial charge in [0.1, 0.15) is 5.82 Å². The van der Waals surface area contributed by atoms with Crippen molar-refractivity contribution in [1.82, 2.24) is 29.5 Å². The molecule has 0 bridgehead atoms. The Morgan fingerprint density at radius 1 is 1.12 bits per heavy atom. The van der Waals surface area contributed by atoms with E-state index in [0.29, 0.717) is 6.04 Å². The minimum absolute atomic E-state index is 0.432. The second-order valence-electron chi connectivity index (χ2n) is 6.70. The lowest BCUT2D eigenvalue weighted by atomic mass is 10.2. The van der Waals surface area contributed by atoms with E-state index in [4.69, 9.17) is 0 Å². The smallest absolute Gasteiger partial charge is 0.176 e. The zero-order valence-corrected chi connectivity index (χ0v) is 14.9. The van der Waals surface area contributed by atoms with Crippen molar-refractivity contribution < 1.29 is 0 Å². The molecule has 7 heteroatoms. The fourth-order valence-electron chi connectivity index (χ4n) is 3.60. The number of aromatic nitrogens is 6. The maximum atomic E-state index is 4.48. The van der Waals surface area contributed by atoms with Crippen LogP contribution in [-0.2, 0) is 6.54 Å². The lowest BCUT2D eigenvalue weighted by molar-refractivity contribution is 0.536. The van der Waals surface area contributed by atoms with Crippen LogP contribution in [0.15, 0.2) is 30.6 Å². The molecule has 0 unspecified atom stereocenters. The normalized spacial score (nSPS) is 17.4. The molecule has 0 radical (unpaired) electrons. The Balaban J connectivity index is 1.54. The molecule has 0 N–H and O–H groups in total. The molecule has 4 rings (SSSR count). The topological polar surface area (TPSA) is 64.7 Å². The van der Waals surface area contributed by atoms with Crippen molar-refractivity contribution in [3.8, 4) is 5.82 Å². The third-order valence-corrected chi connectivity index (χ3v) is 4.87. The molecule has 4 heterocycles. The number of hydrogen-bond acceptors (Lipinski definition) is 5. The van der Waals surface area contributed by atoms with E-state index in [1.54, 1.807) is 0 Å². The van der Waals surface area contributed by atoms with E-state index >= 15 is 0 Å². The van der Waals surface area contributed by atoms with Crippen LogP contribution in [0.4, 0.5) is 5.82 Å². The molecule has 1 aliphatic heterocycles. The van der Waals surface area contributed by atoms with E-state index in [1.165, 1.54) is 12.8 Å². The molecular weight excluding hydrogens is 314 g/mol. The summed E-state index contributed by atoms with van der Waals surface area (Å²) in [5.74, 6) is 2.75. The highest BCUT2D eigenvalue weighted by molar-refractivity contribution is 5.42. The van der Waals surface area contributed by atoms with Gasteiger partial charge in [0, 0.05) is 37.2 Å². The van der Waals surface area contributed by atoms with Gasteiger partial charge in [-0.05, 0) is 51.8 Å². The van der Waals surface area contributed by atoms with Crippen LogP contribution in [0.3, 0.4) is 0 Å². The first kappa shape index (κ1) is 15.8. The highest BCUT2D eigenvalue weighted by Crippen LogP contribution is 2.25. The van der Waals surface area contributed by atoms with Crippen LogP contribution in [0.25, 0.3) is 5.82 Å². The molecule has 0 spiro atoms. The van der Waals surface area contributed by atoms with Gasteiger partial charge in [-0.1, -0.05) is 0 Å². The highest BCUT2D eigenvalue weighted by Gasteiger charge is 2.26. The molecule has 130 valence electrons. The Bertz CT molecular complexity index is 862. The number of aryl methyl sites for hydroxylation is 3. The van der Waals surface area contributed by atoms with E-state index in [9.17, 15) is 0 Å². The van der Waals surface area contributed by atoms with Crippen molar-refractivity contribution in [2.24, 2.45) is 0 Å². The molecule has 1 aliphatic rings. The first-order valence-electron chi connectivity index (χ1n) is 8.73. The first-order chi connectivity index (χ1) is 12.1. The average Bonchev–Trinajstić information content (AvgIpc) is 3.30. The molecule has 0 aliphatic carbocycles. The fraction of sp³-hybridized carbons (Fsp3) is 0.444.